The lowest BCUT2D eigenvalue weighted by molar-refractivity contribution is 0.173. The van der Waals surface area contributed by atoms with Crippen molar-refractivity contribution in [2.75, 3.05) is 6.79 Å². The van der Waals surface area contributed by atoms with E-state index in [0.29, 0.717) is 6.42 Å². The van der Waals surface area contributed by atoms with Crippen LogP contribution < -0.4 is 9.47 Å². The highest BCUT2D eigenvalue weighted by Gasteiger charge is 2.22. The fourth-order valence-electron chi connectivity index (χ4n) is 1.74. The van der Waals surface area contributed by atoms with Gasteiger partial charge in [-0.05, 0) is 53.4 Å². The number of hydrogen-bond donors (Lipinski definition) is 1. The van der Waals surface area contributed by atoms with Crippen LogP contribution in [0.1, 0.15) is 18.1 Å². The normalized spacial score (nSPS) is 15.5. The van der Waals surface area contributed by atoms with Gasteiger partial charge in [0.25, 0.3) is 0 Å². The van der Waals surface area contributed by atoms with Gasteiger partial charge in [0.1, 0.15) is 0 Å². The van der Waals surface area contributed by atoms with Crippen LogP contribution >= 0.6 is 15.9 Å². The second-order valence-corrected chi connectivity index (χ2v) is 4.61. The fraction of sp³-hybridized carbons (Fsp3) is 0.455. The van der Waals surface area contributed by atoms with Crippen LogP contribution in [-0.4, -0.2) is 18.0 Å². The first-order chi connectivity index (χ1) is 7.09. The predicted octanol–water partition coefficient (Wildman–Crippen LogP) is 2.41. The first-order valence-corrected chi connectivity index (χ1v) is 5.64. The summed E-state index contributed by atoms with van der Waals surface area (Å²) in [5.41, 5.74) is 2.13. The largest absolute Gasteiger partial charge is 0.453 e. The summed E-state index contributed by atoms with van der Waals surface area (Å²) < 4.78 is 11.6. The molecule has 2 rings (SSSR count). The van der Waals surface area contributed by atoms with E-state index >= 15 is 0 Å². The number of aliphatic hydroxyl groups is 1. The topological polar surface area (TPSA) is 38.7 Å². The molecule has 0 radical (unpaired) electrons. The Morgan fingerprint density at radius 2 is 2.13 bits per heavy atom. The molecule has 1 aromatic carbocycles. The van der Waals surface area contributed by atoms with Crippen LogP contribution in [0.3, 0.4) is 0 Å². The zero-order valence-corrected chi connectivity index (χ0v) is 10.3. The first kappa shape index (κ1) is 10.8. The average Bonchev–Trinajstić information content (AvgIpc) is 2.61. The quantitative estimate of drug-likeness (QED) is 0.899. The van der Waals surface area contributed by atoms with Gasteiger partial charge in [-0.15, -0.1) is 0 Å². The lowest BCUT2D eigenvalue weighted by atomic mass is 10.0. The highest BCUT2D eigenvalue weighted by Crippen LogP contribution is 2.43. The maximum atomic E-state index is 9.38. The van der Waals surface area contributed by atoms with E-state index in [9.17, 15) is 5.11 Å². The Kier molecular flexibility index (Phi) is 2.89. The lowest BCUT2D eigenvalue weighted by Crippen LogP contribution is -2.06. The Bertz CT molecular complexity index is 388. The van der Waals surface area contributed by atoms with E-state index in [2.05, 4.69) is 15.9 Å². The number of fused-ring (bicyclic) bond motifs is 1. The van der Waals surface area contributed by atoms with Gasteiger partial charge in [-0.25, -0.2) is 0 Å². The molecule has 0 amide bonds. The second kappa shape index (κ2) is 4.02. The third-order valence-corrected chi connectivity index (χ3v) is 3.06. The third-order valence-electron chi connectivity index (χ3n) is 2.47. The molecule has 15 heavy (non-hydrogen) atoms. The van der Waals surface area contributed by atoms with Crippen molar-refractivity contribution in [3.63, 3.8) is 0 Å². The van der Waals surface area contributed by atoms with Crippen LogP contribution in [0.5, 0.6) is 11.5 Å². The standard InChI is InChI=1S/C11H13BrO3/c1-6(13)3-8-4-9(12)11-10(7(8)2)14-5-15-11/h4,6,13H,3,5H2,1-2H3. The number of aliphatic hydroxyl groups excluding tert-OH is 1. The third kappa shape index (κ3) is 1.96. The molecule has 4 heteroatoms. The fourth-order valence-corrected chi connectivity index (χ4v) is 2.31. The van der Waals surface area contributed by atoms with Crippen molar-refractivity contribution in [2.24, 2.45) is 0 Å². The summed E-state index contributed by atoms with van der Waals surface area (Å²) in [5.74, 6) is 1.56. The Hall–Kier alpha value is -0.740. The van der Waals surface area contributed by atoms with Crippen molar-refractivity contribution < 1.29 is 14.6 Å². The average molecular weight is 273 g/mol. The van der Waals surface area contributed by atoms with Crippen LogP contribution in [0, 0.1) is 6.92 Å². The molecule has 3 nitrogen and oxygen atoms in total. The minimum Gasteiger partial charge on any atom is -0.453 e. The molecule has 82 valence electrons. The molecule has 0 saturated carbocycles. The maximum absolute atomic E-state index is 9.38. The van der Waals surface area contributed by atoms with E-state index in [1.54, 1.807) is 6.92 Å². The van der Waals surface area contributed by atoms with Crippen LogP contribution in [0.15, 0.2) is 10.5 Å². The summed E-state index contributed by atoms with van der Waals surface area (Å²) >= 11 is 3.44. The van der Waals surface area contributed by atoms with E-state index < -0.39 is 0 Å². The minimum absolute atomic E-state index is 0.271. The van der Waals surface area contributed by atoms with Gasteiger partial charge in [0.05, 0.1) is 10.6 Å². The number of rotatable bonds is 2. The van der Waals surface area contributed by atoms with Gasteiger partial charge < -0.3 is 14.6 Å². The molecule has 1 aliphatic heterocycles. The summed E-state index contributed by atoms with van der Waals surface area (Å²) in [7, 11) is 0. The number of ether oxygens (including phenoxy) is 2. The molecule has 0 spiro atoms. The monoisotopic (exact) mass is 272 g/mol. The summed E-state index contributed by atoms with van der Waals surface area (Å²) in [5, 5.41) is 9.38. The highest BCUT2D eigenvalue weighted by atomic mass is 79.9. The van der Waals surface area contributed by atoms with Crippen molar-refractivity contribution in [2.45, 2.75) is 26.4 Å². The van der Waals surface area contributed by atoms with Crippen molar-refractivity contribution in [1.82, 2.24) is 0 Å². The summed E-state index contributed by atoms with van der Waals surface area (Å²) in [6, 6.07) is 1.98. The molecule has 0 aliphatic carbocycles. The van der Waals surface area contributed by atoms with E-state index in [-0.39, 0.29) is 12.9 Å². The molecular formula is C11H13BrO3. The Morgan fingerprint density at radius 1 is 1.47 bits per heavy atom. The number of hydrogen-bond acceptors (Lipinski definition) is 3. The highest BCUT2D eigenvalue weighted by molar-refractivity contribution is 9.10. The van der Waals surface area contributed by atoms with Gasteiger partial charge >= 0.3 is 0 Å². The van der Waals surface area contributed by atoms with E-state index in [1.165, 1.54) is 0 Å². The van der Waals surface area contributed by atoms with E-state index in [4.69, 9.17) is 9.47 Å². The molecule has 0 saturated heterocycles. The van der Waals surface area contributed by atoms with Gasteiger partial charge in [0.15, 0.2) is 11.5 Å². The molecule has 1 unspecified atom stereocenters. The van der Waals surface area contributed by atoms with Gasteiger partial charge in [-0.2, -0.15) is 0 Å². The zero-order valence-electron chi connectivity index (χ0n) is 8.71. The van der Waals surface area contributed by atoms with Crippen LogP contribution in [0.25, 0.3) is 0 Å². The Labute approximate surface area is 97.1 Å². The molecule has 0 fully saturated rings. The van der Waals surface area contributed by atoms with Crippen molar-refractivity contribution in [1.29, 1.82) is 0 Å². The molecule has 1 atom stereocenters. The maximum Gasteiger partial charge on any atom is 0.231 e. The van der Waals surface area contributed by atoms with E-state index in [1.807, 2.05) is 13.0 Å². The van der Waals surface area contributed by atoms with Gasteiger partial charge in [-0.3, -0.25) is 0 Å². The molecule has 1 aliphatic rings. The summed E-state index contributed by atoms with van der Waals surface area (Å²) in [6.45, 7) is 4.03. The van der Waals surface area contributed by atoms with Gasteiger partial charge in [0, 0.05) is 0 Å². The van der Waals surface area contributed by atoms with Gasteiger partial charge in [-0.1, -0.05) is 0 Å². The first-order valence-electron chi connectivity index (χ1n) is 4.85. The SMILES string of the molecule is Cc1c(CC(C)O)cc(Br)c2c1OCO2. The van der Waals surface area contributed by atoms with E-state index in [0.717, 1.165) is 27.1 Å². The van der Waals surface area contributed by atoms with Crippen molar-refractivity contribution >= 4 is 15.9 Å². The van der Waals surface area contributed by atoms with Crippen LogP contribution in [-0.2, 0) is 6.42 Å². The molecule has 1 aromatic rings. The Balaban J connectivity index is 2.45. The minimum atomic E-state index is -0.351. The van der Waals surface area contributed by atoms with Crippen LogP contribution in [0.4, 0.5) is 0 Å². The lowest BCUT2D eigenvalue weighted by Gasteiger charge is -2.11. The van der Waals surface area contributed by atoms with Crippen molar-refractivity contribution in [3.8, 4) is 11.5 Å². The second-order valence-electron chi connectivity index (χ2n) is 3.76. The Morgan fingerprint density at radius 3 is 2.80 bits per heavy atom. The summed E-state index contributed by atoms with van der Waals surface area (Å²) in [4.78, 5) is 0. The van der Waals surface area contributed by atoms with Crippen LogP contribution in [0.2, 0.25) is 0 Å². The summed E-state index contributed by atoms with van der Waals surface area (Å²) in [6.07, 6.45) is 0.275. The number of halogens is 1. The predicted molar refractivity (Wildman–Crippen MR) is 60.4 cm³/mol. The molecule has 1 N–H and O–H groups in total. The smallest absolute Gasteiger partial charge is 0.231 e. The zero-order chi connectivity index (χ0) is 11.0. The van der Waals surface area contributed by atoms with Gasteiger partial charge in [0.2, 0.25) is 6.79 Å². The van der Waals surface area contributed by atoms with Crippen molar-refractivity contribution in [3.05, 3.63) is 21.7 Å². The molecule has 0 aromatic heterocycles. The molecule has 0 bridgehead atoms. The number of benzene rings is 1. The molecular weight excluding hydrogens is 260 g/mol. The molecule has 1 heterocycles.